The Morgan fingerprint density at radius 2 is 1.62 bits per heavy atom. The standard InChI is InChI=1S/C6H5F5O2/c1-3(4(12)13)5(7,8)2-6(9,10)11/h1-2H2,(H,12,13). The maximum atomic E-state index is 12.4. The van der Waals surface area contributed by atoms with Gasteiger partial charge in [-0.15, -0.1) is 0 Å². The molecule has 0 aliphatic rings. The lowest BCUT2D eigenvalue weighted by Gasteiger charge is -2.17. The van der Waals surface area contributed by atoms with Crippen molar-refractivity contribution in [2.45, 2.75) is 18.5 Å². The summed E-state index contributed by atoms with van der Waals surface area (Å²) in [4.78, 5) is 9.88. The third-order valence-electron chi connectivity index (χ3n) is 1.12. The minimum absolute atomic E-state index is 1.76. The van der Waals surface area contributed by atoms with Crippen molar-refractivity contribution in [2.24, 2.45) is 0 Å². The molecule has 0 saturated carbocycles. The first-order chi connectivity index (χ1) is 5.56. The predicted molar refractivity (Wildman–Crippen MR) is 32.4 cm³/mol. The molecule has 0 aromatic heterocycles. The van der Waals surface area contributed by atoms with Crippen molar-refractivity contribution in [3.63, 3.8) is 0 Å². The van der Waals surface area contributed by atoms with E-state index in [2.05, 4.69) is 6.58 Å². The first-order valence-electron chi connectivity index (χ1n) is 2.93. The van der Waals surface area contributed by atoms with Crippen LogP contribution >= 0.6 is 0 Å². The molecule has 0 bridgehead atoms. The van der Waals surface area contributed by atoms with E-state index in [0.29, 0.717) is 0 Å². The van der Waals surface area contributed by atoms with Crippen LogP contribution in [0, 0.1) is 0 Å². The zero-order chi connectivity index (χ0) is 10.9. The van der Waals surface area contributed by atoms with Crippen LogP contribution in [0.2, 0.25) is 0 Å². The summed E-state index contributed by atoms with van der Waals surface area (Å²) in [6, 6.07) is 0. The zero-order valence-electron chi connectivity index (χ0n) is 6.16. The van der Waals surface area contributed by atoms with Gasteiger partial charge in [0.05, 0.1) is 5.57 Å². The molecule has 1 N–H and O–H groups in total. The highest BCUT2D eigenvalue weighted by Gasteiger charge is 2.47. The molecule has 0 spiro atoms. The SMILES string of the molecule is C=C(C(=O)O)C(F)(F)CC(F)(F)F. The smallest absolute Gasteiger partial charge is 0.395 e. The summed E-state index contributed by atoms with van der Waals surface area (Å²) >= 11 is 0. The van der Waals surface area contributed by atoms with Crippen LogP contribution in [-0.4, -0.2) is 23.2 Å². The van der Waals surface area contributed by atoms with E-state index in [9.17, 15) is 26.7 Å². The van der Waals surface area contributed by atoms with Crippen LogP contribution in [0.4, 0.5) is 22.0 Å². The molecule has 0 aromatic carbocycles. The number of carboxylic acids is 1. The fourth-order valence-electron chi connectivity index (χ4n) is 0.515. The summed E-state index contributed by atoms with van der Waals surface area (Å²) in [7, 11) is 0. The second-order valence-corrected chi connectivity index (χ2v) is 2.28. The van der Waals surface area contributed by atoms with E-state index >= 15 is 0 Å². The van der Waals surface area contributed by atoms with Gasteiger partial charge in [-0.1, -0.05) is 6.58 Å². The second kappa shape index (κ2) is 3.31. The van der Waals surface area contributed by atoms with Crippen LogP contribution < -0.4 is 0 Å². The molecule has 0 saturated heterocycles. The lowest BCUT2D eigenvalue weighted by atomic mass is 10.1. The fourth-order valence-corrected chi connectivity index (χ4v) is 0.515. The van der Waals surface area contributed by atoms with Gasteiger partial charge in [0.25, 0.3) is 5.92 Å². The van der Waals surface area contributed by atoms with E-state index in [-0.39, 0.29) is 0 Å². The summed E-state index contributed by atoms with van der Waals surface area (Å²) in [5.41, 5.74) is -1.76. The van der Waals surface area contributed by atoms with Crippen LogP contribution in [-0.2, 0) is 4.79 Å². The monoisotopic (exact) mass is 204 g/mol. The van der Waals surface area contributed by atoms with Crippen molar-refractivity contribution in [3.8, 4) is 0 Å². The number of rotatable bonds is 3. The summed E-state index contributed by atoms with van der Waals surface area (Å²) in [6.45, 7) is 2.36. The molecule has 0 heterocycles. The molecule has 7 heteroatoms. The lowest BCUT2D eigenvalue weighted by Crippen LogP contribution is -2.30. The Morgan fingerprint density at radius 1 is 1.23 bits per heavy atom. The molecule has 0 unspecified atom stereocenters. The predicted octanol–water partition coefficient (Wildman–Crippen LogP) is 2.21. The average molecular weight is 204 g/mol. The van der Waals surface area contributed by atoms with Crippen LogP contribution in [0.25, 0.3) is 0 Å². The number of aliphatic carboxylic acids is 1. The van der Waals surface area contributed by atoms with Gasteiger partial charge in [0.1, 0.15) is 6.42 Å². The van der Waals surface area contributed by atoms with E-state index in [1.165, 1.54) is 0 Å². The van der Waals surface area contributed by atoms with Gasteiger partial charge in [-0.2, -0.15) is 13.2 Å². The Hall–Kier alpha value is -1.14. The van der Waals surface area contributed by atoms with Gasteiger partial charge >= 0.3 is 12.1 Å². The number of hydrogen-bond acceptors (Lipinski definition) is 1. The Kier molecular flexibility index (Phi) is 3.02. The molecule has 0 amide bonds. The molecule has 76 valence electrons. The molecular weight excluding hydrogens is 199 g/mol. The number of alkyl halides is 5. The lowest BCUT2D eigenvalue weighted by molar-refractivity contribution is -0.179. The van der Waals surface area contributed by atoms with E-state index < -0.39 is 30.1 Å². The molecule has 0 fully saturated rings. The maximum absolute atomic E-state index is 12.4. The average Bonchev–Trinajstić information content (AvgIpc) is 1.80. The van der Waals surface area contributed by atoms with E-state index in [1.807, 2.05) is 0 Å². The number of carbonyl (C=O) groups is 1. The molecule has 0 atom stereocenters. The Bertz CT molecular complexity index is 230. The van der Waals surface area contributed by atoms with Crippen molar-refractivity contribution in [3.05, 3.63) is 12.2 Å². The molecule has 13 heavy (non-hydrogen) atoms. The van der Waals surface area contributed by atoms with Gasteiger partial charge in [-0.05, 0) is 0 Å². The number of halogens is 5. The minimum atomic E-state index is -5.12. The highest BCUT2D eigenvalue weighted by atomic mass is 19.4. The summed E-state index contributed by atoms with van der Waals surface area (Å²) < 4.78 is 59.1. The quantitative estimate of drug-likeness (QED) is 0.565. The zero-order valence-corrected chi connectivity index (χ0v) is 6.16. The van der Waals surface area contributed by atoms with Gasteiger partial charge in [0.2, 0.25) is 0 Å². The molecule has 2 nitrogen and oxygen atoms in total. The minimum Gasteiger partial charge on any atom is -0.478 e. The molecule has 0 aliphatic carbocycles. The summed E-state index contributed by atoms with van der Waals surface area (Å²) in [6.07, 6.45) is -7.63. The highest BCUT2D eigenvalue weighted by Crippen LogP contribution is 2.35. The molecule has 0 aromatic rings. The van der Waals surface area contributed by atoms with E-state index in [0.717, 1.165) is 0 Å². The second-order valence-electron chi connectivity index (χ2n) is 2.28. The maximum Gasteiger partial charge on any atom is 0.395 e. The summed E-state index contributed by atoms with van der Waals surface area (Å²) in [5.74, 6) is -6.60. The molecule has 0 rings (SSSR count). The van der Waals surface area contributed by atoms with Crippen molar-refractivity contribution >= 4 is 5.97 Å². The molecule has 0 aliphatic heterocycles. The largest absolute Gasteiger partial charge is 0.478 e. The van der Waals surface area contributed by atoms with Crippen LogP contribution in [0.5, 0.6) is 0 Å². The van der Waals surface area contributed by atoms with Crippen molar-refractivity contribution in [1.82, 2.24) is 0 Å². The Balaban J connectivity index is 4.59. The van der Waals surface area contributed by atoms with E-state index in [1.54, 1.807) is 0 Å². The number of carboxylic acid groups (broad SMARTS) is 1. The van der Waals surface area contributed by atoms with Crippen LogP contribution in [0.15, 0.2) is 12.2 Å². The van der Waals surface area contributed by atoms with Crippen molar-refractivity contribution in [1.29, 1.82) is 0 Å². The van der Waals surface area contributed by atoms with E-state index in [4.69, 9.17) is 5.11 Å². The van der Waals surface area contributed by atoms with Gasteiger partial charge in [0.15, 0.2) is 0 Å². The first-order valence-corrected chi connectivity index (χ1v) is 2.93. The Labute approximate surface area is 69.7 Å². The molecular formula is C6H5F5O2. The van der Waals surface area contributed by atoms with Crippen molar-refractivity contribution in [2.75, 3.05) is 0 Å². The first kappa shape index (κ1) is 11.9. The third-order valence-corrected chi connectivity index (χ3v) is 1.12. The van der Waals surface area contributed by atoms with Gasteiger partial charge < -0.3 is 5.11 Å². The van der Waals surface area contributed by atoms with Gasteiger partial charge in [0, 0.05) is 0 Å². The Morgan fingerprint density at radius 3 is 1.85 bits per heavy atom. The topological polar surface area (TPSA) is 37.3 Å². The fraction of sp³-hybridized carbons (Fsp3) is 0.500. The van der Waals surface area contributed by atoms with Crippen LogP contribution in [0.3, 0.4) is 0 Å². The van der Waals surface area contributed by atoms with Gasteiger partial charge in [-0.3, -0.25) is 0 Å². The normalized spacial score (nSPS) is 12.7. The van der Waals surface area contributed by atoms with Gasteiger partial charge in [-0.25, -0.2) is 13.6 Å². The third kappa shape index (κ3) is 3.86. The van der Waals surface area contributed by atoms with Crippen molar-refractivity contribution < 1.29 is 31.9 Å². The highest BCUT2D eigenvalue weighted by molar-refractivity contribution is 5.87. The summed E-state index contributed by atoms with van der Waals surface area (Å²) in [5, 5.41) is 7.97. The van der Waals surface area contributed by atoms with Crippen LogP contribution in [0.1, 0.15) is 6.42 Å². The number of hydrogen-bond donors (Lipinski definition) is 1. The molecule has 0 radical (unpaired) electrons.